The second-order valence-corrected chi connectivity index (χ2v) is 12.6. The maximum absolute atomic E-state index is 14.4. The fourth-order valence-electron chi connectivity index (χ4n) is 6.30. The number of amides is 6. The SMILES string of the molecule is CCCCN1C(=O)c2cc3cc(c2)C(=O)Nc2cc4cc(c2)N(CCCC)C(=O)c2cc(cc(c2)C(=O)N3)NC(=O)c2cc(cc1c2)NC4=O. The number of anilines is 6. The summed E-state index contributed by atoms with van der Waals surface area (Å²) in [6.07, 6.45) is 2.72. The van der Waals surface area contributed by atoms with E-state index < -0.39 is 35.4 Å². The van der Waals surface area contributed by atoms with Crippen LogP contribution in [0.2, 0.25) is 0 Å². The molecule has 50 heavy (non-hydrogen) atoms. The third kappa shape index (κ3) is 6.18. The number of hydrogen-bond donors (Lipinski definition) is 4. The van der Waals surface area contributed by atoms with Gasteiger partial charge >= 0.3 is 0 Å². The minimum atomic E-state index is -0.628. The van der Waals surface area contributed by atoms with Crippen LogP contribution in [0.3, 0.4) is 0 Å². The van der Waals surface area contributed by atoms with E-state index in [4.69, 9.17) is 0 Å². The molecule has 12 bridgehead atoms. The van der Waals surface area contributed by atoms with Crippen LogP contribution in [0, 0.1) is 0 Å². The molecule has 252 valence electrons. The summed E-state index contributed by atoms with van der Waals surface area (Å²) in [6.45, 7) is 4.48. The first-order valence-corrected chi connectivity index (χ1v) is 16.6. The van der Waals surface area contributed by atoms with Crippen LogP contribution in [0.1, 0.15) is 102 Å². The van der Waals surface area contributed by atoms with Crippen LogP contribution in [0.5, 0.6) is 0 Å². The van der Waals surface area contributed by atoms with Gasteiger partial charge in [-0.3, -0.25) is 28.8 Å². The number of carbonyl (C=O) groups is 6. The molecule has 4 aromatic carbocycles. The maximum atomic E-state index is 14.4. The van der Waals surface area contributed by atoms with Crippen LogP contribution in [0.15, 0.2) is 72.8 Å². The van der Waals surface area contributed by atoms with E-state index >= 15 is 0 Å². The molecular weight excluding hydrogens is 636 g/mol. The smallest absolute Gasteiger partial charge is 0.258 e. The highest BCUT2D eigenvalue weighted by Gasteiger charge is 2.27. The third-order valence-corrected chi connectivity index (χ3v) is 8.86. The van der Waals surface area contributed by atoms with Crippen molar-refractivity contribution in [1.29, 1.82) is 0 Å². The first-order valence-electron chi connectivity index (χ1n) is 16.6. The lowest BCUT2D eigenvalue weighted by atomic mass is 10.0. The van der Waals surface area contributed by atoms with Crippen LogP contribution in [-0.2, 0) is 0 Å². The predicted octanol–water partition coefficient (Wildman–Crippen LogP) is 6.53. The molecule has 0 aromatic heterocycles. The molecule has 0 saturated heterocycles. The molecule has 0 fully saturated rings. The fourth-order valence-corrected chi connectivity index (χ4v) is 6.30. The standard InChI is InChI=1S/C38H34N6O6/c1-3-5-7-43-31-17-23-13-30(20-31)42-36(48)24-14-29-19-32(18-24)44(8-6-4-2)37(49)25-9-21(11-28(16-25)40-35(23)47)33(45)39-27-12-22(34(46)41-29)10-26(15-27)38(43)50/h9-20H,3-8H2,1-2H3,(H,39,45)(H,40,47)(H,41,46)(H,42,48). The minimum absolute atomic E-state index is 0.0590. The van der Waals surface area contributed by atoms with Crippen molar-refractivity contribution in [2.45, 2.75) is 39.5 Å². The minimum Gasteiger partial charge on any atom is -0.322 e. The molecule has 4 heterocycles. The first kappa shape index (κ1) is 32.3. The van der Waals surface area contributed by atoms with Gasteiger partial charge in [0.1, 0.15) is 0 Å². The summed E-state index contributed by atoms with van der Waals surface area (Å²) in [5.74, 6) is -3.35. The predicted molar refractivity (Wildman–Crippen MR) is 191 cm³/mol. The van der Waals surface area contributed by atoms with E-state index in [0.717, 1.165) is 12.8 Å². The molecule has 0 radical (unpaired) electrons. The number of nitrogens with zero attached hydrogens (tertiary/aromatic N) is 2. The molecule has 4 aliphatic heterocycles. The van der Waals surface area contributed by atoms with Crippen molar-refractivity contribution >= 4 is 69.6 Å². The Labute approximate surface area is 287 Å². The summed E-state index contributed by atoms with van der Waals surface area (Å²) in [4.78, 5) is 87.6. The van der Waals surface area contributed by atoms with Crippen molar-refractivity contribution in [2.75, 3.05) is 44.2 Å². The highest BCUT2D eigenvalue weighted by atomic mass is 16.2. The van der Waals surface area contributed by atoms with Gasteiger partial charge in [-0.15, -0.1) is 0 Å². The van der Waals surface area contributed by atoms with Gasteiger partial charge in [0.05, 0.1) is 0 Å². The van der Waals surface area contributed by atoms with Crippen LogP contribution in [0.4, 0.5) is 34.1 Å². The summed E-state index contributed by atoms with van der Waals surface area (Å²) >= 11 is 0. The second kappa shape index (κ2) is 13.0. The molecule has 4 N–H and O–H groups in total. The van der Waals surface area contributed by atoms with Gasteiger partial charge in [-0.1, -0.05) is 26.7 Å². The highest BCUT2D eigenvalue weighted by Crippen LogP contribution is 2.32. The maximum Gasteiger partial charge on any atom is 0.258 e. The Bertz CT molecular complexity index is 2120. The Morgan fingerprint density at radius 2 is 0.700 bits per heavy atom. The Hall–Kier alpha value is -6.30. The average molecular weight is 671 g/mol. The normalized spacial score (nSPS) is 15.1. The molecule has 0 atom stereocenters. The van der Waals surface area contributed by atoms with Gasteiger partial charge in [-0.05, 0) is 85.6 Å². The van der Waals surface area contributed by atoms with Crippen molar-refractivity contribution in [2.24, 2.45) is 0 Å². The monoisotopic (exact) mass is 670 g/mol. The number of benzene rings is 4. The number of fused-ring (bicyclic) bond motifs is 6. The fraction of sp³-hybridized carbons (Fsp3) is 0.211. The van der Waals surface area contributed by atoms with E-state index in [1.807, 2.05) is 13.8 Å². The third-order valence-electron chi connectivity index (χ3n) is 8.86. The van der Waals surface area contributed by atoms with Crippen molar-refractivity contribution in [3.8, 4) is 0 Å². The molecule has 8 rings (SSSR count). The summed E-state index contributed by atoms with van der Waals surface area (Å²) in [5.41, 5.74) is 2.13. The van der Waals surface area contributed by atoms with E-state index in [2.05, 4.69) is 21.3 Å². The molecular formula is C38H34N6O6. The van der Waals surface area contributed by atoms with Crippen molar-refractivity contribution in [1.82, 2.24) is 0 Å². The Morgan fingerprint density at radius 1 is 0.400 bits per heavy atom. The van der Waals surface area contributed by atoms with Crippen LogP contribution < -0.4 is 31.1 Å². The molecule has 12 nitrogen and oxygen atoms in total. The number of nitrogens with one attached hydrogen (secondary N) is 4. The van der Waals surface area contributed by atoms with Gasteiger partial charge in [0.2, 0.25) is 0 Å². The van der Waals surface area contributed by atoms with E-state index in [1.165, 1.54) is 58.3 Å². The number of hydrogen-bond acceptors (Lipinski definition) is 6. The van der Waals surface area contributed by atoms with Gasteiger partial charge in [-0.25, -0.2) is 0 Å². The summed E-state index contributed by atoms with van der Waals surface area (Å²) < 4.78 is 0. The lowest BCUT2D eigenvalue weighted by Gasteiger charge is -2.25. The topological polar surface area (TPSA) is 157 Å². The first-order chi connectivity index (χ1) is 24.1. The van der Waals surface area contributed by atoms with E-state index in [1.54, 1.807) is 24.3 Å². The molecule has 0 spiro atoms. The largest absolute Gasteiger partial charge is 0.322 e. The Balaban J connectivity index is 1.61. The Morgan fingerprint density at radius 3 is 1.04 bits per heavy atom. The summed E-state index contributed by atoms with van der Waals surface area (Å²) in [7, 11) is 0. The van der Waals surface area contributed by atoms with Crippen molar-refractivity contribution in [3.05, 3.63) is 106 Å². The van der Waals surface area contributed by atoms with Crippen LogP contribution in [0.25, 0.3) is 0 Å². The lowest BCUT2D eigenvalue weighted by Crippen LogP contribution is -2.32. The molecule has 4 aliphatic rings. The van der Waals surface area contributed by atoms with E-state index in [9.17, 15) is 28.8 Å². The van der Waals surface area contributed by atoms with Crippen LogP contribution >= 0.6 is 0 Å². The van der Waals surface area contributed by atoms with Gasteiger partial charge in [0, 0.05) is 80.6 Å². The zero-order valence-corrected chi connectivity index (χ0v) is 27.5. The van der Waals surface area contributed by atoms with E-state index in [-0.39, 0.29) is 69.2 Å². The molecule has 0 saturated carbocycles. The zero-order chi connectivity index (χ0) is 35.1. The Kier molecular flexibility index (Phi) is 8.36. The molecule has 12 heteroatoms. The number of unbranched alkanes of at least 4 members (excludes halogenated alkanes) is 2. The summed E-state index contributed by atoms with van der Waals surface area (Å²) in [6, 6.07) is 18.1. The van der Waals surface area contributed by atoms with Gasteiger partial charge in [0.15, 0.2) is 0 Å². The molecule has 4 aromatic rings. The molecule has 0 aliphatic carbocycles. The summed E-state index contributed by atoms with van der Waals surface area (Å²) in [5, 5.41) is 11.3. The molecule has 0 unspecified atom stereocenters. The van der Waals surface area contributed by atoms with Crippen molar-refractivity contribution in [3.63, 3.8) is 0 Å². The average Bonchev–Trinajstić information content (AvgIpc) is 3.10. The van der Waals surface area contributed by atoms with Gasteiger partial charge in [0.25, 0.3) is 35.4 Å². The van der Waals surface area contributed by atoms with Gasteiger partial charge < -0.3 is 31.1 Å². The van der Waals surface area contributed by atoms with E-state index in [0.29, 0.717) is 24.2 Å². The number of rotatable bonds is 6. The van der Waals surface area contributed by atoms with Gasteiger partial charge in [-0.2, -0.15) is 0 Å². The highest BCUT2D eigenvalue weighted by molar-refractivity contribution is 6.17. The molecule has 6 amide bonds. The number of carbonyl (C=O) groups excluding carboxylic acids is 6. The van der Waals surface area contributed by atoms with Crippen LogP contribution in [-0.4, -0.2) is 48.5 Å². The quantitative estimate of drug-likeness (QED) is 0.183. The van der Waals surface area contributed by atoms with Crippen molar-refractivity contribution < 1.29 is 28.8 Å². The second-order valence-electron chi connectivity index (χ2n) is 12.6. The zero-order valence-electron chi connectivity index (χ0n) is 27.5. The lowest BCUT2D eigenvalue weighted by molar-refractivity contribution is 0.0977.